The molecule has 70 valence electrons. The summed E-state index contributed by atoms with van der Waals surface area (Å²) < 4.78 is 0. The van der Waals surface area contributed by atoms with E-state index in [2.05, 4.69) is 5.32 Å². The average Bonchev–Trinajstić information content (AvgIpc) is 2.03. The van der Waals surface area contributed by atoms with Crippen LogP contribution in [0.5, 0.6) is 0 Å². The van der Waals surface area contributed by atoms with Gasteiger partial charge in [0.25, 0.3) is 5.69 Å². The van der Waals surface area contributed by atoms with Gasteiger partial charge in [-0.3, -0.25) is 10.1 Å². The van der Waals surface area contributed by atoms with Crippen LogP contribution in [0.1, 0.15) is 5.56 Å². The second-order valence-electron chi connectivity index (χ2n) is 2.61. The Morgan fingerprint density at radius 3 is 2.77 bits per heavy atom. The smallest absolute Gasteiger partial charge is 0.271 e. The van der Waals surface area contributed by atoms with Crippen LogP contribution in [0.3, 0.4) is 0 Å². The normalized spacial score (nSPS) is 10.0. The SMILES string of the molecule is CNCc1cc(Cl)cc([N+](=O)[O-])c1. The minimum Gasteiger partial charge on any atom is -0.316 e. The van der Waals surface area contributed by atoms with Gasteiger partial charge in [-0.1, -0.05) is 11.6 Å². The first kappa shape index (κ1) is 9.95. The van der Waals surface area contributed by atoms with Crippen LogP contribution in [-0.2, 0) is 6.54 Å². The second-order valence-corrected chi connectivity index (χ2v) is 3.04. The summed E-state index contributed by atoms with van der Waals surface area (Å²) in [6, 6.07) is 4.54. The molecule has 0 radical (unpaired) electrons. The zero-order chi connectivity index (χ0) is 9.84. The highest BCUT2D eigenvalue weighted by atomic mass is 35.5. The number of hydrogen-bond donors (Lipinski definition) is 1. The number of rotatable bonds is 3. The van der Waals surface area contributed by atoms with Crippen molar-refractivity contribution in [2.24, 2.45) is 0 Å². The van der Waals surface area contributed by atoms with Gasteiger partial charge in [-0.25, -0.2) is 0 Å². The maximum Gasteiger partial charge on any atom is 0.271 e. The third-order valence-electron chi connectivity index (χ3n) is 1.53. The molecule has 0 aliphatic carbocycles. The molecule has 0 heterocycles. The van der Waals surface area contributed by atoms with E-state index in [9.17, 15) is 10.1 Å². The molecule has 5 heteroatoms. The molecule has 0 saturated heterocycles. The Morgan fingerprint density at radius 2 is 2.23 bits per heavy atom. The van der Waals surface area contributed by atoms with Gasteiger partial charge >= 0.3 is 0 Å². The molecule has 0 unspecified atom stereocenters. The van der Waals surface area contributed by atoms with Gasteiger partial charge in [-0.05, 0) is 18.7 Å². The Bertz CT molecular complexity index is 328. The first-order valence-corrected chi connectivity index (χ1v) is 4.09. The Hall–Kier alpha value is -1.13. The van der Waals surface area contributed by atoms with E-state index in [1.54, 1.807) is 13.1 Å². The van der Waals surface area contributed by atoms with Crippen molar-refractivity contribution in [3.8, 4) is 0 Å². The Kier molecular flexibility index (Phi) is 3.22. The minimum absolute atomic E-state index is 0.0257. The van der Waals surface area contributed by atoms with Crippen molar-refractivity contribution in [2.45, 2.75) is 6.54 Å². The van der Waals surface area contributed by atoms with Crippen LogP contribution < -0.4 is 5.32 Å². The number of hydrogen-bond acceptors (Lipinski definition) is 3. The van der Waals surface area contributed by atoms with Crippen molar-refractivity contribution in [3.63, 3.8) is 0 Å². The van der Waals surface area contributed by atoms with Crippen molar-refractivity contribution >= 4 is 17.3 Å². The van der Waals surface area contributed by atoms with Crippen LogP contribution in [0.15, 0.2) is 18.2 Å². The van der Waals surface area contributed by atoms with Gasteiger partial charge in [0.05, 0.1) is 4.92 Å². The van der Waals surface area contributed by atoms with Gasteiger partial charge in [0.2, 0.25) is 0 Å². The Labute approximate surface area is 80.7 Å². The number of benzene rings is 1. The molecular formula is C8H9ClN2O2. The van der Waals surface area contributed by atoms with Crippen molar-refractivity contribution in [1.29, 1.82) is 0 Å². The largest absolute Gasteiger partial charge is 0.316 e. The van der Waals surface area contributed by atoms with Gasteiger partial charge < -0.3 is 5.32 Å². The van der Waals surface area contributed by atoms with Crippen LogP contribution in [0.4, 0.5) is 5.69 Å². The van der Waals surface area contributed by atoms with Crippen molar-refractivity contribution in [3.05, 3.63) is 38.9 Å². The molecule has 1 N–H and O–H groups in total. The molecule has 1 rings (SSSR count). The third-order valence-corrected chi connectivity index (χ3v) is 1.75. The quantitative estimate of drug-likeness (QED) is 0.600. The predicted octanol–water partition coefficient (Wildman–Crippen LogP) is 1.97. The zero-order valence-electron chi connectivity index (χ0n) is 7.08. The van der Waals surface area contributed by atoms with Gasteiger partial charge in [-0.15, -0.1) is 0 Å². The summed E-state index contributed by atoms with van der Waals surface area (Å²) in [7, 11) is 1.77. The Morgan fingerprint density at radius 1 is 1.54 bits per heavy atom. The summed E-state index contributed by atoms with van der Waals surface area (Å²) in [6.45, 7) is 0.571. The lowest BCUT2D eigenvalue weighted by atomic mass is 10.2. The zero-order valence-corrected chi connectivity index (χ0v) is 7.84. The van der Waals surface area contributed by atoms with E-state index >= 15 is 0 Å². The standard InChI is InChI=1S/C8H9ClN2O2/c1-10-5-6-2-7(9)4-8(3-6)11(12)13/h2-4,10H,5H2,1H3. The van der Waals surface area contributed by atoms with Crippen LogP contribution in [-0.4, -0.2) is 12.0 Å². The average molecular weight is 201 g/mol. The lowest BCUT2D eigenvalue weighted by molar-refractivity contribution is -0.384. The maximum atomic E-state index is 10.4. The lowest BCUT2D eigenvalue weighted by Crippen LogP contribution is -2.05. The van der Waals surface area contributed by atoms with Gasteiger partial charge in [-0.2, -0.15) is 0 Å². The summed E-state index contributed by atoms with van der Waals surface area (Å²) in [6.07, 6.45) is 0. The highest BCUT2D eigenvalue weighted by Crippen LogP contribution is 2.20. The molecule has 0 aliphatic rings. The molecule has 4 nitrogen and oxygen atoms in total. The van der Waals surface area contributed by atoms with E-state index in [4.69, 9.17) is 11.6 Å². The highest BCUT2D eigenvalue weighted by Gasteiger charge is 2.07. The predicted molar refractivity (Wildman–Crippen MR) is 50.9 cm³/mol. The highest BCUT2D eigenvalue weighted by molar-refractivity contribution is 6.30. The molecule has 0 fully saturated rings. The van der Waals surface area contributed by atoms with Crippen molar-refractivity contribution < 1.29 is 4.92 Å². The molecule has 0 saturated carbocycles. The Balaban J connectivity index is 3.03. The fourth-order valence-electron chi connectivity index (χ4n) is 1.04. The summed E-state index contributed by atoms with van der Waals surface area (Å²) in [4.78, 5) is 9.98. The molecular weight excluding hydrogens is 192 g/mol. The van der Waals surface area contributed by atoms with Crippen LogP contribution >= 0.6 is 11.6 Å². The van der Waals surface area contributed by atoms with Crippen molar-refractivity contribution in [1.82, 2.24) is 5.32 Å². The molecule has 0 amide bonds. The summed E-state index contributed by atoms with van der Waals surface area (Å²) >= 11 is 5.70. The molecule has 0 bridgehead atoms. The number of nitro groups is 1. The number of halogens is 1. The number of nitrogens with one attached hydrogen (secondary N) is 1. The second kappa shape index (κ2) is 4.20. The summed E-state index contributed by atoms with van der Waals surface area (Å²) in [5, 5.41) is 13.7. The molecule has 1 aromatic carbocycles. The molecule has 0 aliphatic heterocycles. The van der Waals surface area contributed by atoms with Crippen molar-refractivity contribution in [2.75, 3.05) is 7.05 Å². The van der Waals surface area contributed by atoms with Crippen LogP contribution in [0.2, 0.25) is 5.02 Å². The molecule has 0 atom stereocenters. The monoisotopic (exact) mass is 200 g/mol. The van der Waals surface area contributed by atoms with E-state index in [-0.39, 0.29) is 5.69 Å². The first-order chi connectivity index (χ1) is 6.13. The fraction of sp³-hybridized carbons (Fsp3) is 0.250. The molecule has 0 aromatic heterocycles. The summed E-state index contributed by atoms with van der Waals surface area (Å²) in [5.74, 6) is 0. The third kappa shape index (κ3) is 2.68. The lowest BCUT2D eigenvalue weighted by Gasteiger charge is -2.00. The topological polar surface area (TPSA) is 55.2 Å². The van der Waals surface area contributed by atoms with Gasteiger partial charge in [0, 0.05) is 23.7 Å². The number of non-ortho nitro benzene ring substituents is 1. The molecule has 13 heavy (non-hydrogen) atoms. The van der Waals surface area contributed by atoms with E-state index in [0.29, 0.717) is 11.6 Å². The van der Waals surface area contributed by atoms with Crippen LogP contribution in [0, 0.1) is 10.1 Å². The van der Waals surface area contributed by atoms with E-state index in [1.165, 1.54) is 12.1 Å². The molecule has 1 aromatic rings. The fourth-order valence-corrected chi connectivity index (χ4v) is 1.30. The number of nitro benzene ring substituents is 1. The van der Waals surface area contributed by atoms with Gasteiger partial charge in [0.15, 0.2) is 0 Å². The first-order valence-electron chi connectivity index (χ1n) is 3.72. The summed E-state index contributed by atoms with van der Waals surface area (Å²) in [5.41, 5.74) is 0.833. The molecule has 0 spiro atoms. The van der Waals surface area contributed by atoms with Crippen LogP contribution in [0.25, 0.3) is 0 Å². The number of nitrogens with zero attached hydrogens (tertiary/aromatic N) is 1. The minimum atomic E-state index is -0.453. The van der Waals surface area contributed by atoms with E-state index in [1.807, 2.05) is 0 Å². The van der Waals surface area contributed by atoms with E-state index < -0.39 is 4.92 Å². The van der Waals surface area contributed by atoms with Gasteiger partial charge in [0.1, 0.15) is 0 Å². The van der Waals surface area contributed by atoms with E-state index in [0.717, 1.165) is 5.56 Å². The maximum absolute atomic E-state index is 10.4.